The van der Waals surface area contributed by atoms with Gasteiger partial charge in [0, 0.05) is 24.0 Å². The van der Waals surface area contributed by atoms with E-state index in [1.807, 2.05) is 11.3 Å². The highest BCUT2D eigenvalue weighted by molar-refractivity contribution is 7.09. The molecule has 3 nitrogen and oxygen atoms in total. The molecule has 1 aliphatic heterocycles. The zero-order valence-corrected chi connectivity index (χ0v) is 15.4. The van der Waals surface area contributed by atoms with Crippen molar-refractivity contribution in [2.24, 2.45) is 0 Å². The molecule has 3 rings (SSSR count). The second-order valence-corrected chi connectivity index (χ2v) is 7.71. The minimum atomic E-state index is 0.643. The van der Waals surface area contributed by atoms with Crippen LogP contribution in [0.5, 0.6) is 5.75 Å². The summed E-state index contributed by atoms with van der Waals surface area (Å²) in [6, 6.07) is 13.5. The number of hydrogen-bond acceptors (Lipinski definition) is 4. The third-order valence-corrected chi connectivity index (χ3v) is 5.39. The van der Waals surface area contributed by atoms with Gasteiger partial charge in [-0.1, -0.05) is 24.6 Å². The molecule has 0 saturated carbocycles. The van der Waals surface area contributed by atoms with Gasteiger partial charge < -0.3 is 10.1 Å². The Morgan fingerprint density at radius 1 is 1.17 bits per heavy atom. The minimum Gasteiger partial charge on any atom is -0.494 e. The number of thiophene rings is 1. The van der Waals surface area contributed by atoms with E-state index in [2.05, 4.69) is 59.0 Å². The van der Waals surface area contributed by atoms with Gasteiger partial charge in [0.1, 0.15) is 5.75 Å². The average molecular weight is 345 g/mol. The van der Waals surface area contributed by atoms with Crippen LogP contribution in [-0.4, -0.2) is 31.1 Å². The highest BCUT2D eigenvalue weighted by atomic mass is 32.1. The van der Waals surface area contributed by atoms with Gasteiger partial charge in [0.15, 0.2) is 0 Å². The highest BCUT2D eigenvalue weighted by Gasteiger charge is 2.12. The molecule has 1 aromatic carbocycles. The molecule has 1 aliphatic rings. The van der Waals surface area contributed by atoms with Crippen molar-refractivity contribution in [3.05, 3.63) is 52.2 Å². The fourth-order valence-electron chi connectivity index (χ4n) is 3.22. The van der Waals surface area contributed by atoms with Crippen molar-refractivity contribution in [3.63, 3.8) is 0 Å². The van der Waals surface area contributed by atoms with Gasteiger partial charge in [-0.05, 0) is 62.0 Å². The molecule has 1 N–H and O–H groups in total. The van der Waals surface area contributed by atoms with Crippen molar-refractivity contribution in [1.82, 2.24) is 10.2 Å². The summed E-state index contributed by atoms with van der Waals surface area (Å²) in [6.45, 7) is 3.93. The number of nitrogens with one attached hydrogen (secondary N) is 1. The van der Waals surface area contributed by atoms with Gasteiger partial charge in [-0.2, -0.15) is 0 Å². The van der Waals surface area contributed by atoms with E-state index in [0.29, 0.717) is 6.04 Å². The molecule has 4 heteroatoms. The monoisotopic (exact) mass is 344 g/mol. The summed E-state index contributed by atoms with van der Waals surface area (Å²) in [5, 5.41) is 5.71. The molecule has 1 atom stereocenters. The van der Waals surface area contributed by atoms with E-state index in [1.165, 1.54) is 36.2 Å². The molecule has 2 heterocycles. The minimum absolute atomic E-state index is 0.643. The predicted molar refractivity (Wildman–Crippen MR) is 102 cm³/mol. The Morgan fingerprint density at radius 2 is 2.04 bits per heavy atom. The lowest BCUT2D eigenvalue weighted by Gasteiger charge is -2.23. The summed E-state index contributed by atoms with van der Waals surface area (Å²) in [6.07, 6.45) is 5.06. The molecule has 0 amide bonds. The first-order valence-corrected chi connectivity index (χ1v) is 9.83. The summed E-state index contributed by atoms with van der Waals surface area (Å²) < 4.78 is 5.90. The highest BCUT2D eigenvalue weighted by Crippen LogP contribution is 2.17. The normalized spacial score (nSPS) is 18.0. The topological polar surface area (TPSA) is 24.5 Å². The van der Waals surface area contributed by atoms with Crippen molar-refractivity contribution in [1.29, 1.82) is 0 Å². The smallest absolute Gasteiger partial charge is 0.119 e. The van der Waals surface area contributed by atoms with Crippen molar-refractivity contribution in [2.75, 3.05) is 20.2 Å². The van der Waals surface area contributed by atoms with Gasteiger partial charge in [-0.3, -0.25) is 4.90 Å². The lowest BCUT2D eigenvalue weighted by molar-refractivity contribution is 0.268. The first-order valence-electron chi connectivity index (χ1n) is 8.95. The lowest BCUT2D eigenvalue weighted by atomic mass is 10.0. The summed E-state index contributed by atoms with van der Waals surface area (Å²) in [4.78, 5) is 3.75. The second kappa shape index (κ2) is 9.21. The van der Waals surface area contributed by atoms with Gasteiger partial charge in [0.2, 0.25) is 0 Å². The van der Waals surface area contributed by atoms with Crippen LogP contribution < -0.4 is 10.1 Å². The molecule has 1 fully saturated rings. The van der Waals surface area contributed by atoms with Crippen molar-refractivity contribution < 1.29 is 4.74 Å². The maximum Gasteiger partial charge on any atom is 0.119 e. The number of nitrogens with zero attached hydrogens (tertiary/aromatic N) is 1. The quantitative estimate of drug-likeness (QED) is 0.773. The third kappa shape index (κ3) is 5.62. The summed E-state index contributed by atoms with van der Waals surface area (Å²) in [5.74, 6) is 0.982. The average Bonchev–Trinajstić information content (AvgIpc) is 3.10. The molecule has 24 heavy (non-hydrogen) atoms. The van der Waals surface area contributed by atoms with Crippen LogP contribution in [0.1, 0.15) is 36.1 Å². The number of rotatable bonds is 8. The Kier molecular flexibility index (Phi) is 6.70. The molecule has 130 valence electrons. The number of hydrogen-bond donors (Lipinski definition) is 1. The van der Waals surface area contributed by atoms with Crippen LogP contribution in [0.25, 0.3) is 0 Å². The third-order valence-electron chi connectivity index (χ3n) is 4.53. The van der Waals surface area contributed by atoms with E-state index >= 15 is 0 Å². The molecule has 0 aliphatic carbocycles. The zero-order valence-electron chi connectivity index (χ0n) is 14.5. The van der Waals surface area contributed by atoms with Crippen molar-refractivity contribution in [3.8, 4) is 5.75 Å². The fraction of sp³-hybridized carbons (Fsp3) is 0.500. The van der Waals surface area contributed by atoms with Gasteiger partial charge >= 0.3 is 0 Å². The lowest BCUT2D eigenvalue weighted by Crippen LogP contribution is -2.35. The van der Waals surface area contributed by atoms with Gasteiger partial charge in [0.05, 0.1) is 6.61 Å². The Balaban J connectivity index is 1.39. The van der Waals surface area contributed by atoms with Gasteiger partial charge in [-0.25, -0.2) is 0 Å². The molecular formula is C20H28N2OS. The Morgan fingerprint density at radius 3 is 2.75 bits per heavy atom. The predicted octanol–water partition coefficient (Wildman–Crippen LogP) is 4.29. The Bertz CT molecular complexity index is 576. The zero-order chi connectivity index (χ0) is 16.6. The van der Waals surface area contributed by atoms with E-state index in [1.54, 1.807) is 0 Å². The van der Waals surface area contributed by atoms with Crippen LogP contribution in [0.3, 0.4) is 0 Å². The van der Waals surface area contributed by atoms with E-state index in [-0.39, 0.29) is 0 Å². The fourth-order valence-corrected chi connectivity index (χ4v) is 4.00. The molecule has 1 aromatic heterocycles. The van der Waals surface area contributed by atoms with Gasteiger partial charge in [0.25, 0.3) is 0 Å². The molecule has 0 unspecified atom stereocenters. The van der Waals surface area contributed by atoms with Crippen LogP contribution in [0, 0.1) is 0 Å². The van der Waals surface area contributed by atoms with Crippen LogP contribution >= 0.6 is 11.3 Å². The first-order chi connectivity index (χ1) is 11.8. The van der Waals surface area contributed by atoms with E-state index < -0.39 is 0 Å². The van der Waals surface area contributed by atoms with Gasteiger partial charge in [-0.15, -0.1) is 11.3 Å². The molecular weight excluding hydrogens is 316 g/mol. The van der Waals surface area contributed by atoms with Crippen molar-refractivity contribution in [2.45, 2.75) is 44.8 Å². The molecule has 1 saturated heterocycles. The maximum absolute atomic E-state index is 5.90. The maximum atomic E-state index is 5.90. The number of piperidine rings is 1. The molecule has 0 radical (unpaired) electrons. The summed E-state index contributed by atoms with van der Waals surface area (Å²) in [5.41, 5.74) is 1.33. The van der Waals surface area contributed by atoms with E-state index in [9.17, 15) is 0 Å². The molecule has 0 spiro atoms. The second-order valence-electron chi connectivity index (χ2n) is 6.68. The summed E-state index contributed by atoms with van der Waals surface area (Å²) >= 11 is 1.82. The first kappa shape index (κ1) is 17.5. The van der Waals surface area contributed by atoms with Crippen LogP contribution in [-0.2, 0) is 13.1 Å². The van der Waals surface area contributed by atoms with Crippen LogP contribution in [0.15, 0.2) is 41.8 Å². The summed E-state index contributed by atoms with van der Waals surface area (Å²) in [7, 11) is 2.17. The molecule has 0 bridgehead atoms. The molecule has 2 aromatic rings. The van der Waals surface area contributed by atoms with Crippen LogP contribution in [0.4, 0.5) is 0 Å². The number of benzene rings is 1. The van der Waals surface area contributed by atoms with E-state index in [4.69, 9.17) is 4.74 Å². The SMILES string of the molecule is CN(Cc1ccc(OCC[C@H]2CCCCN2)cc1)Cc1cccs1. The largest absolute Gasteiger partial charge is 0.494 e. The number of ether oxygens (including phenoxy) is 1. The Labute approximate surface area is 149 Å². The Hall–Kier alpha value is -1.36. The van der Waals surface area contributed by atoms with Crippen molar-refractivity contribution >= 4 is 11.3 Å². The standard InChI is InChI=1S/C20H28N2OS/c1-22(16-20-6-4-14-24-20)15-17-7-9-19(10-8-17)23-13-11-18-5-2-3-12-21-18/h4,6-10,14,18,21H,2-3,5,11-13,15-16H2,1H3/t18-/m1/s1. The van der Waals surface area contributed by atoms with E-state index in [0.717, 1.165) is 31.9 Å². The van der Waals surface area contributed by atoms with Crippen LogP contribution in [0.2, 0.25) is 0 Å².